The Morgan fingerprint density at radius 3 is 2.26 bits per heavy atom. The molecule has 1 aromatic carbocycles. The molecule has 1 atom stereocenters. The first-order chi connectivity index (χ1) is 14.5. The Labute approximate surface area is 185 Å². The topological polar surface area (TPSA) is 87.7 Å². The lowest BCUT2D eigenvalue weighted by molar-refractivity contribution is -0.141. The van der Waals surface area contributed by atoms with Crippen LogP contribution < -0.4 is 10.6 Å². The summed E-state index contributed by atoms with van der Waals surface area (Å²) in [5.74, 6) is -0.463. The molecule has 1 aliphatic rings. The third kappa shape index (κ3) is 7.26. The van der Waals surface area contributed by atoms with Crippen molar-refractivity contribution < 1.29 is 19.1 Å². The summed E-state index contributed by atoms with van der Waals surface area (Å²) in [6.07, 6.45) is 2.90. The van der Waals surface area contributed by atoms with Crippen molar-refractivity contribution >= 4 is 17.9 Å². The minimum absolute atomic E-state index is 0.00568. The Morgan fingerprint density at radius 2 is 1.74 bits per heavy atom. The number of amides is 3. The van der Waals surface area contributed by atoms with Crippen LogP contribution in [0.1, 0.15) is 76.1 Å². The molecule has 31 heavy (non-hydrogen) atoms. The van der Waals surface area contributed by atoms with Crippen LogP contribution in [0, 0.1) is 13.8 Å². The molecule has 0 aliphatic heterocycles. The summed E-state index contributed by atoms with van der Waals surface area (Å²) >= 11 is 0. The van der Waals surface area contributed by atoms with Crippen molar-refractivity contribution in [2.75, 3.05) is 13.1 Å². The van der Waals surface area contributed by atoms with E-state index in [1.165, 1.54) is 0 Å². The molecule has 2 N–H and O–H groups in total. The first-order valence-electron chi connectivity index (χ1n) is 11.2. The highest BCUT2D eigenvalue weighted by molar-refractivity contribution is 5.91. The summed E-state index contributed by atoms with van der Waals surface area (Å²) in [6.45, 7) is 11.6. The second kappa shape index (κ2) is 10.6. The molecule has 7 heteroatoms. The Kier molecular flexibility index (Phi) is 8.48. The maximum absolute atomic E-state index is 13.3. The number of aryl methyl sites for hydroxylation is 2. The van der Waals surface area contributed by atoms with Gasteiger partial charge in [0.1, 0.15) is 18.2 Å². The van der Waals surface area contributed by atoms with Crippen molar-refractivity contribution in [1.29, 1.82) is 0 Å². The fraction of sp³-hybridized carbons (Fsp3) is 0.625. The summed E-state index contributed by atoms with van der Waals surface area (Å²) in [5, 5.41) is 5.55. The minimum atomic E-state index is -0.724. The zero-order valence-electron chi connectivity index (χ0n) is 19.7. The number of ether oxygens (including phenoxy) is 1. The maximum Gasteiger partial charge on any atom is 0.408 e. The number of benzene rings is 1. The van der Waals surface area contributed by atoms with E-state index in [0.717, 1.165) is 42.4 Å². The van der Waals surface area contributed by atoms with Gasteiger partial charge < -0.3 is 20.3 Å². The van der Waals surface area contributed by atoms with Gasteiger partial charge >= 0.3 is 6.09 Å². The Morgan fingerprint density at radius 1 is 1.13 bits per heavy atom. The van der Waals surface area contributed by atoms with Gasteiger partial charge in [-0.3, -0.25) is 9.59 Å². The fourth-order valence-electron chi connectivity index (χ4n) is 3.60. The molecule has 1 saturated carbocycles. The van der Waals surface area contributed by atoms with Crippen LogP contribution >= 0.6 is 0 Å². The second-order valence-electron chi connectivity index (χ2n) is 9.24. The number of carbonyl (C=O) groups is 3. The van der Waals surface area contributed by atoms with Gasteiger partial charge in [0, 0.05) is 12.6 Å². The summed E-state index contributed by atoms with van der Waals surface area (Å²) in [5.41, 5.74) is 2.14. The van der Waals surface area contributed by atoms with Crippen LogP contribution in [-0.4, -0.2) is 47.5 Å². The average Bonchev–Trinajstić information content (AvgIpc) is 3.49. The molecule has 0 aromatic heterocycles. The van der Waals surface area contributed by atoms with Gasteiger partial charge in [0.05, 0.1) is 0 Å². The van der Waals surface area contributed by atoms with Crippen molar-refractivity contribution in [2.24, 2.45) is 0 Å². The van der Waals surface area contributed by atoms with Crippen molar-refractivity contribution in [3.8, 4) is 0 Å². The maximum atomic E-state index is 13.3. The molecular weight excluding hydrogens is 394 g/mol. The predicted octanol–water partition coefficient (Wildman–Crippen LogP) is 3.78. The van der Waals surface area contributed by atoms with Crippen LogP contribution in [0.25, 0.3) is 0 Å². The third-order valence-corrected chi connectivity index (χ3v) is 5.18. The molecule has 1 fully saturated rings. The van der Waals surface area contributed by atoms with Gasteiger partial charge in [-0.2, -0.15) is 0 Å². The van der Waals surface area contributed by atoms with E-state index in [4.69, 9.17) is 4.74 Å². The second-order valence-corrected chi connectivity index (χ2v) is 9.24. The van der Waals surface area contributed by atoms with Crippen molar-refractivity contribution in [3.63, 3.8) is 0 Å². The molecule has 1 aromatic rings. The van der Waals surface area contributed by atoms with Crippen molar-refractivity contribution in [1.82, 2.24) is 15.5 Å². The quantitative estimate of drug-likeness (QED) is 0.583. The summed E-state index contributed by atoms with van der Waals surface area (Å²) in [7, 11) is 0. The number of nitrogens with one attached hydrogen (secondary N) is 2. The van der Waals surface area contributed by atoms with Crippen LogP contribution in [-0.2, 0) is 14.3 Å². The fourth-order valence-corrected chi connectivity index (χ4v) is 3.60. The van der Waals surface area contributed by atoms with Gasteiger partial charge in [-0.15, -0.1) is 0 Å². The van der Waals surface area contributed by atoms with E-state index in [1.807, 2.05) is 32.0 Å². The van der Waals surface area contributed by atoms with E-state index >= 15 is 0 Å². The minimum Gasteiger partial charge on any atom is -0.444 e. The number of unbranched alkanes of at least 4 members (excludes halogenated alkanes) is 1. The van der Waals surface area contributed by atoms with Gasteiger partial charge in [0.15, 0.2) is 0 Å². The van der Waals surface area contributed by atoms with E-state index in [9.17, 15) is 14.4 Å². The SMILES string of the molecule is CCCCNC(=O)C(c1c(C)cccc1C)N(C(=O)CNC(=O)OC(C)(C)C)C1CC1. The Hall–Kier alpha value is -2.57. The van der Waals surface area contributed by atoms with E-state index in [0.29, 0.717) is 6.54 Å². The van der Waals surface area contributed by atoms with Gasteiger partial charge in [0.2, 0.25) is 11.8 Å². The van der Waals surface area contributed by atoms with Crippen LogP contribution in [0.2, 0.25) is 0 Å². The standard InChI is InChI=1S/C24H37N3O4/c1-7-8-14-25-22(29)21(20-16(2)10-9-11-17(20)3)27(18-12-13-18)19(28)15-26-23(30)31-24(4,5)6/h9-11,18,21H,7-8,12-15H2,1-6H3,(H,25,29)(H,26,30). The highest BCUT2D eigenvalue weighted by atomic mass is 16.6. The zero-order chi connectivity index (χ0) is 23.2. The van der Waals surface area contributed by atoms with Crippen molar-refractivity contribution in [3.05, 3.63) is 34.9 Å². The molecule has 0 radical (unpaired) electrons. The lowest BCUT2D eigenvalue weighted by Gasteiger charge is -2.33. The van der Waals surface area contributed by atoms with Crippen LogP contribution in [0.4, 0.5) is 4.79 Å². The van der Waals surface area contributed by atoms with Crippen LogP contribution in [0.5, 0.6) is 0 Å². The van der Waals surface area contributed by atoms with Gasteiger partial charge in [0.25, 0.3) is 0 Å². The molecule has 2 rings (SSSR count). The number of hydrogen-bond donors (Lipinski definition) is 2. The lowest BCUT2D eigenvalue weighted by atomic mass is 9.94. The highest BCUT2D eigenvalue weighted by Crippen LogP contribution is 2.37. The molecule has 0 heterocycles. The van der Waals surface area contributed by atoms with E-state index in [-0.39, 0.29) is 24.4 Å². The molecule has 0 bridgehead atoms. The number of carbonyl (C=O) groups excluding carboxylic acids is 3. The van der Waals surface area contributed by atoms with Gasteiger partial charge in [-0.05, 0) is 70.6 Å². The monoisotopic (exact) mass is 431 g/mol. The number of rotatable bonds is 9. The Bertz CT molecular complexity index is 776. The van der Waals surface area contributed by atoms with E-state index in [1.54, 1.807) is 25.7 Å². The number of nitrogens with zero attached hydrogens (tertiary/aromatic N) is 1. The van der Waals surface area contributed by atoms with Gasteiger partial charge in [-0.25, -0.2) is 4.79 Å². The van der Waals surface area contributed by atoms with Gasteiger partial charge in [-0.1, -0.05) is 31.5 Å². The summed E-state index contributed by atoms with van der Waals surface area (Å²) < 4.78 is 5.24. The lowest BCUT2D eigenvalue weighted by Crippen LogP contribution is -2.49. The molecule has 0 saturated heterocycles. The summed E-state index contributed by atoms with van der Waals surface area (Å²) in [6, 6.07) is 5.15. The van der Waals surface area contributed by atoms with Crippen molar-refractivity contribution in [2.45, 2.75) is 84.9 Å². The molecule has 0 spiro atoms. The number of alkyl carbamates (subject to hydrolysis) is 1. The third-order valence-electron chi connectivity index (χ3n) is 5.18. The summed E-state index contributed by atoms with van der Waals surface area (Å²) in [4.78, 5) is 40.3. The Balaban J connectivity index is 2.28. The first kappa shape index (κ1) is 24.7. The molecule has 7 nitrogen and oxygen atoms in total. The van der Waals surface area contributed by atoms with Crippen LogP contribution in [0.3, 0.4) is 0 Å². The van der Waals surface area contributed by atoms with E-state index < -0.39 is 17.7 Å². The smallest absolute Gasteiger partial charge is 0.408 e. The normalized spacial score (nSPS) is 14.5. The molecule has 1 aliphatic carbocycles. The molecule has 1 unspecified atom stereocenters. The molecular formula is C24H37N3O4. The molecule has 172 valence electrons. The largest absolute Gasteiger partial charge is 0.444 e. The van der Waals surface area contributed by atoms with Crippen LogP contribution in [0.15, 0.2) is 18.2 Å². The zero-order valence-corrected chi connectivity index (χ0v) is 19.7. The van der Waals surface area contributed by atoms with E-state index in [2.05, 4.69) is 17.6 Å². The first-order valence-corrected chi connectivity index (χ1v) is 11.2. The number of hydrogen-bond acceptors (Lipinski definition) is 4. The highest BCUT2D eigenvalue weighted by Gasteiger charge is 2.42. The molecule has 3 amide bonds. The average molecular weight is 432 g/mol. The predicted molar refractivity (Wildman–Crippen MR) is 121 cm³/mol.